The van der Waals surface area contributed by atoms with E-state index in [0.29, 0.717) is 28.2 Å². The summed E-state index contributed by atoms with van der Waals surface area (Å²) in [5, 5.41) is 8.75. The molecule has 3 aromatic heterocycles. The number of anilines is 1. The lowest BCUT2D eigenvalue weighted by Crippen LogP contribution is -2.13. The van der Waals surface area contributed by atoms with Gasteiger partial charge in [0.25, 0.3) is 0 Å². The second-order valence-electron chi connectivity index (χ2n) is 7.28. The zero-order valence-electron chi connectivity index (χ0n) is 17.1. The van der Waals surface area contributed by atoms with Gasteiger partial charge in [0.15, 0.2) is 11.2 Å². The standard InChI is InChI=1S/C25H18N4O3/c1-16-14-23(29(28-16)22-12-10-17-6-2-4-8-20(17)26-22)27-24(30)13-11-18-15-32-21-9-5-3-7-19(21)25(18)31/h2-15H,1H3,(H,27,30)/b13-11+. The van der Waals surface area contributed by atoms with Crippen molar-refractivity contribution in [2.75, 3.05) is 5.32 Å². The van der Waals surface area contributed by atoms with Crippen LogP contribution in [0, 0.1) is 6.92 Å². The highest BCUT2D eigenvalue weighted by molar-refractivity contribution is 6.01. The number of nitrogens with one attached hydrogen (secondary N) is 1. The van der Waals surface area contributed by atoms with Gasteiger partial charge < -0.3 is 9.73 Å². The van der Waals surface area contributed by atoms with Gasteiger partial charge in [-0.15, -0.1) is 0 Å². The normalized spacial score (nSPS) is 11.4. The number of amides is 1. The molecule has 1 amide bonds. The molecule has 7 nitrogen and oxygen atoms in total. The number of nitrogens with zero attached hydrogens (tertiary/aromatic N) is 3. The summed E-state index contributed by atoms with van der Waals surface area (Å²) in [4.78, 5) is 29.8. The van der Waals surface area contributed by atoms with Crippen LogP contribution >= 0.6 is 0 Å². The van der Waals surface area contributed by atoms with Crippen molar-refractivity contribution in [2.24, 2.45) is 0 Å². The average molecular weight is 422 g/mol. The van der Waals surface area contributed by atoms with Gasteiger partial charge in [-0.25, -0.2) is 4.98 Å². The van der Waals surface area contributed by atoms with E-state index < -0.39 is 5.91 Å². The number of pyridine rings is 1. The average Bonchev–Trinajstić information content (AvgIpc) is 3.18. The van der Waals surface area contributed by atoms with Crippen molar-refractivity contribution in [1.29, 1.82) is 0 Å². The quantitative estimate of drug-likeness (QED) is 0.431. The first kappa shape index (κ1) is 19.4. The van der Waals surface area contributed by atoms with Crippen LogP contribution in [0.25, 0.3) is 33.8 Å². The molecule has 0 saturated carbocycles. The number of benzene rings is 2. The summed E-state index contributed by atoms with van der Waals surface area (Å²) in [5.74, 6) is 0.663. The van der Waals surface area contributed by atoms with Crippen LogP contribution in [0.1, 0.15) is 11.3 Å². The molecule has 156 valence electrons. The van der Waals surface area contributed by atoms with Gasteiger partial charge in [-0.2, -0.15) is 9.78 Å². The summed E-state index contributed by atoms with van der Waals surface area (Å²) < 4.78 is 7.07. The summed E-state index contributed by atoms with van der Waals surface area (Å²) >= 11 is 0. The monoisotopic (exact) mass is 422 g/mol. The molecule has 0 unspecified atom stereocenters. The maximum atomic E-state index is 12.6. The number of aryl methyl sites for hydroxylation is 1. The molecule has 0 atom stereocenters. The Kier molecular flexibility index (Phi) is 4.84. The van der Waals surface area contributed by atoms with E-state index in [9.17, 15) is 9.59 Å². The lowest BCUT2D eigenvalue weighted by Gasteiger charge is -2.08. The van der Waals surface area contributed by atoms with E-state index in [0.717, 1.165) is 16.6 Å². The van der Waals surface area contributed by atoms with Gasteiger partial charge in [0.1, 0.15) is 17.7 Å². The first-order valence-electron chi connectivity index (χ1n) is 10.0. The molecule has 0 saturated heterocycles. The van der Waals surface area contributed by atoms with Gasteiger partial charge in [-0.1, -0.05) is 30.3 Å². The van der Waals surface area contributed by atoms with Crippen molar-refractivity contribution < 1.29 is 9.21 Å². The topological polar surface area (TPSA) is 90.0 Å². The Balaban J connectivity index is 1.41. The number of fused-ring (bicyclic) bond motifs is 2. The third kappa shape index (κ3) is 3.67. The van der Waals surface area contributed by atoms with E-state index in [4.69, 9.17) is 4.42 Å². The summed E-state index contributed by atoms with van der Waals surface area (Å²) in [6.07, 6.45) is 4.08. The van der Waals surface area contributed by atoms with Crippen molar-refractivity contribution in [3.05, 3.63) is 101 Å². The van der Waals surface area contributed by atoms with Crippen LogP contribution in [0.4, 0.5) is 5.82 Å². The molecule has 0 fully saturated rings. The molecular formula is C25H18N4O3. The van der Waals surface area contributed by atoms with E-state index in [2.05, 4.69) is 15.4 Å². The smallest absolute Gasteiger partial charge is 0.249 e. The Bertz CT molecular complexity index is 1560. The van der Waals surface area contributed by atoms with Gasteiger partial charge >= 0.3 is 0 Å². The molecule has 2 aromatic carbocycles. The summed E-state index contributed by atoms with van der Waals surface area (Å²) in [5.41, 5.74) is 2.16. The third-order valence-electron chi connectivity index (χ3n) is 5.00. The molecule has 0 aliphatic carbocycles. The fraction of sp³-hybridized carbons (Fsp3) is 0.0400. The highest BCUT2D eigenvalue weighted by atomic mass is 16.3. The second-order valence-corrected chi connectivity index (χ2v) is 7.28. The van der Waals surface area contributed by atoms with E-state index in [1.807, 2.05) is 43.3 Å². The van der Waals surface area contributed by atoms with Crippen LogP contribution < -0.4 is 10.7 Å². The van der Waals surface area contributed by atoms with E-state index in [1.54, 1.807) is 35.0 Å². The highest BCUT2D eigenvalue weighted by Crippen LogP contribution is 2.19. The zero-order valence-corrected chi connectivity index (χ0v) is 17.1. The number of hydrogen-bond acceptors (Lipinski definition) is 5. The molecule has 0 aliphatic heterocycles. The molecule has 0 spiro atoms. The predicted octanol–water partition coefficient (Wildman–Crippen LogP) is 4.49. The highest BCUT2D eigenvalue weighted by Gasteiger charge is 2.12. The van der Waals surface area contributed by atoms with Gasteiger partial charge in [0, 0.05) is 17.5 Å². The van der Waals surface area contributed by atoms with Crippen molar-refractivity contribution in [2.45, 2.75) is 6.92 Å². The Morgan fingerprint density at radius 2 is 1.88 bits per heavy atom. The van der Waals surface area contributed by atoms with E-state index in [1.165, 1.54) is 18.4 Å². The van der Waals surface area contributed by atoms with Crippen molar-refractivity contribution >= 4 is 39.7 Å². The van der Waals surface area contributed by atoms with Crippen LogP contribution in [-0.4, -0.2) is 20.7 Å². The molecule has 32 heavy (non-hydrogen) atoms. The van der Waals surface area contributed by atoms with E-state index in [-0.39, 0.29) is 5.43 Å². The Morgan fingerprint density at radius 1 is 1.06 bits per heavy atom. The Labute approximate surface area is 182 Å². The first-order valence-corrected chi connectivity index (χ1v) is 10.0. The van der Waals surface area contributed by atoms with Crippen LogP contribution in [0.5, 0.6) is 0 Å². The predicted molar refractivity (Wildman–Crippen MR) is 124 cm³/mol. The lowest BCUT2D eigenvalue weighted by molar-refractivity contribution is -0.111. The third-order valence-corrected chi connectivity index (χ3v) is 5.00. The SMILES string of the molecule is Cc1cc(NC(=O)/C=C/c2coc3ccccc3c2=O)n(-c2ccc3ccccc3n2)n1. The molecule has 3 heterocycles. The number of para-hydroxylation sites is 2. The number of aromatic nitrogens is 3. The van der Waals surface area contributed by atoms with Gasteiger partial charge in [0.05, 0.1) is 22.2 Å². The van der Waals surface area contributed by atoms with Crippen molar-refractivity contribution in [3.63, 3.8) is 0 Å². The summed E-state index contributed by atoms with van der Waals surface area (Å²) in [6.45, 7) is 1.84. The molecule has 5 rings (SSSR count). The molecule has 7 heteroatoms. The molecular weight excluding hydrogens is 404 g/mol. The lowest BCUT2D eigenvalue weighted by atomic mass is 10.1. The Hall–Kier alpha value is -4.52. The summed E-state index contributed by atoms with van der Waals surface area (Å²) in [7, 11) is 0. The Morgan fingerprint density at radius 3 is 2.78 bits per heavy atom. The maximum absolute atomic E-state index is 12.6. The molecule has 0 bridgehead atoms. The summed E-state index contributed by atoms with van der Waals surface area (Å²) in [6, 6.07) is 20.3. The minimum Gasteiger partial charge on any atom is -0.463 e. The molecule has 1 N–H and O–H groups in total. The fourth-order valence-electron chi connectivity index (χ4n) is 3.48. The number of carbonyl (C=O) groups excluding carboxylic acids is 1. The number of rotatable bonds is 4. The van der Waals surface area contributed by atoms with Crippen LogP contribution in [0.3, 0.4) is 0 Å². The fourth-order valence-corrected chi connectivity index (χ4v) is 3.48. The van der Waals surface area contributed by atoms with E-state index >= 15 is 0 Å². The first-order chi connectivity index (χ1) is 15.6. The van der Waals surface area contributed by atoms with Gasteiger partial charge in [0.2, 0.25) is 5.91 Å². The minimum absolute atomic E-state index is 0.197. The van der Waals surface area contributed by atoms with Crippen molar-refractivity contribution in [3.8, 4) is 5.82 Å². The zero-order chi connectivity index (χ0) is 22.1. The van der Waals surface area contributed by atoms with Gasteiger partial charge in [-0.3, -0.25) is 9.59 Å². The van der Waals surface area contributed by atoms with Crippen LogP contribution in [0.2, 0.25) is 0 Å². The second kappa shape index (κ2) is 7.96. The number of carbonyl (C=O) groups is 1. The van der Waals surface area contributed by atoms with Crippen molar-refractivity contribution in [1.82, 2.24) is 14.8 Å². The maximum Gasteiger partial charge on any atom is 0.249 e. The van der Waals surface area contributed by atoms with Crippen LogP contribution in [0.15, 0.2) is 88.3 Å². The minimum atomic E-state index is -0.403. The largest absolute Gasteiger partial charge is 0.463 e. The molecule has 0 radical (unpaired) electrons. The van der Waals surface area contributed by atoms with Crippen LogP contribution in [-0.2, 0) is 4.79 Å². The molecule has 5 aromatic rings. The number of hydrogen-bond donors (Lipinski definition) is 1. The molecule has 0 aliphatic rings. The van der Waals surface area contributed by atoms with Gasteiger partial charge in [-0.05, 0) is 43.3 Å².